The Morgan fingerprint density at radius 1 is 0.967 bits per heavy atom. The zero-order valence-electron chi connectivity index (χ0n) is 18.2. The van der Waals surface area contributed by atoms with E-state index >= 15 is 0 Å². The van der Waals surface area contributed by atoms with Crippen LogP contribution in [0.1, 0.15) is 93.9 Å². The number of aliphatic carboxylic acids is 1. The lowest BCUT2D eigenvalue weighted by atomic mass is 9.97. The van der Waals surface area contributed by atoms with Crippen LogP contribution in [0, 0.1) is 0 Å². The van der Waals surface area contributed by atoms with Crippen molar-refractivity contribution in [2.45, 2.75) is 89.2 Å². The summed E-state index contributed by atoms with van der Waals surface area (Å²) in [6.45, 7) is 2.24. The van der Waals surface area contributed by atoms with E-state index in [0.717, 1.165) is 24.0 Å². The lowest BCUT2D eigenvalue weighted by Crippen LogP contribution is -2.11. The highest BCUT2D eigenvalue weighted by atomic mass is 32.2. The number of hydrogen-bond acceptors (Lipinski definition) is 4. The molecule has 172 valence electrons. The smallest absolute Gasteiger partial charge is 0.304 e. The highest BCUT2D eigenvalue weighted by Gasteiger charge is 2.20. The van der Waals surface area contributed by atoms with Crippen molar-refractivity contribution < 1.29 is 22.9 Å². The van der Waals surface area contributed by atoms with Crippen molar-refractivity contribution in [3.8, 4) is 0 Å². The average Bonchev–Trinajstić information content (AvgIpc) is 2.68. The van der Waals surface area contributed by atoms with Gasteiger partial charge in [-0.2, -0.15) is 20.2 Å². The molecule has 0 aliphatic rings. The lowest BCUT2D eigenvalue weighted by molar-refractivity contribution is -0.137. The van der Waals surface area contributed by atoms with E-state index < -0.39 is 16.1 Å². The number of aryl methyl sites for hydroxylation is 1. The van der Waals surface area contributed by atoms with Crippen LogP contribution >= 0.6 is 11.8 Å². The van der Waals surface area contributed by atoms with Gasteiger partial charge in [-0.3, -0.25) is 9.35 Å². The minimum Gasteiger partial charge on any atom is -0.481 e. The van der Waals surface area contributed by atoms with E-state index in [9.17, 15) is 18.3 Å². The van der Waals surface area contributed by atoms with E-state index in [2.05, 4.69) is 6.92 Å². The molecule has 30 heavy (non-hydrogen) atoms. The van der Waals surface area contributed by atoms with Crippen molar-refractivity contribution in [3.05, 3.63) is 35.4 Å². The van der Waals surface area contributed by atoms with Gasteiger partial charge in [0.2, 0.25) is 0 Å². The first-order valence-corrected chi connectivity index (χ1v) is 13.9. The van der Waals surface area contributed by atoms with Gasteiger partial charge in [0.05, 0.1) is 12.2 Å². The van der Waals surface area contributed by atoms with Gasteiger partial charge >= 0.3 is 5.97 Å². The third-order valence-corrected chi connectivity index (χ3v) is 7.46. The molecule has 1 aromatic rings. The number of thioether (sulfide) groups is 1. The van der Waals surface area contributed by atoms with E-state index in [1.807, 2.05) is 24.3 Å². The molecule has 0 heterocycles. The van der Waals surface area contributed by atoms with Crippen molar-refractivity contribution in [1.29, 1.82) is 0 Å². The number of hydrogen-bond donors (Lipinski definition) is 2. The highest BCUT2D eigenvalue weighted by molar-refractivity contribution is 8.00. The maximum atomic E-state index is 11.3. The van der Waals surface area contributed by atoms with E-state index in [0.29, 0.717) is 0 Å². The zero-order chi connectivity index (χ0) is 22.2. The molecule has 0 aliphatic carbocycles. The van der Waals surface area contributed by atoms with Crippen molar-refractivity contribution in [2.75, 3.05) is 11.5 Å². The molecule has 1 unspecified atom stereocenters. The molecule has 1 atom stereocenters. The predicted molar refractivity (Wildman–Crippen MR) is 126 cm³/mol. The summed E-state index contributed by atoms with van der Waals surface area (Å²) in [6, 6.07) is 7.85. The standard InChI is InChI=1S/C23H38O5S2/c1-2-3-4-5-6-7-8-9-10-11-14-20-15-12-13-16-21(20)22(19-23(24)25)29-17-18-30(26,27)28/h12-13,15-16,22H,2-11,14,17-19H2,1H3,(H,24,25)(H,26,27,28). The lowest BCUT2D eigenvalue weighted by Gasteiger charge is -2.19. The van der Waals surface area contributed by atoms with E-state index in [4.69, 9.17) is 4.55 Å². The monoisotopic (exact) mass is 458 g/mol. The maximum absolute atomic E-state index is 11.3. The number of carboxylic acid groups (broad SMARTS) is 1. The van der Waals surface area contributed by atoms with Crippen LogP contribution in [0.3, 0.4) is 0 Å². The SMILES string of the molecule is CCCCCCCCCCCCc1ccccc1C(CC(=O)O)SCCS(=O)(=O)O. The first-order chi connectivity index (χ1) is 14.3. The van der Waals surface area contributed by atoms with Crippen molar-refractivity contribution in [2.24, 2.45) is 0 Å². The minimum atomic E-state index is -4.04. The van der Waals surface area contributed by atoms with Crippen LogP contribution in [0.2, 0.25) is 0 Å². The first-order valence-electron chi connectivity index (χ1n) is 11.2. The fraction of sp³-hybridized carbons (Fsp3) is 0.696. The van der Waals surface area contributed by atoms with E-state index in [-0.39, 0.29) is 23.2 Å². The Labute approximate surface area is 186 Å². The molecule has 1 rings (SSSR count). The molecule has 0 bridgehead atoms. The molecule has 2 N–H and O–H groups in total. The van der Waals surface area contributed by atoms with Crippen LogP contribution in [0.15, 0.2) is 24.3 Å². The molecule has 0 amide bonds. The topological polar surface area (TPSA) is 91.7 Å². The van der Waals surface area contributed by atoms with E-state index in [1.165, 1.54) is 69.5 Å². The second kappa shape index (κ2) is 15.7. The maximum Gasteiger partial charge on any atom is 0.304 e. The third kappa shape index (κ3) is 13.3. The van der Waals surface area contributed by atoms with Crippen LogP contribution < -0.4 is 0 Å². The Kier molecular flexibility index (Phi) is 14.1. The van der Waals surface area contributed by atoms with Crippen LogP contribution in [0.25, 0.3) is 0 Å². The molecule has 7 heteroatoms. The van der Waals surface area contributed by atoms with Gasteiger partial charge in [0.25, 0.3) is 10.1 Å². The second-order valence-electron chi connectivity index (χ2n) is 7.87. The number of carbonyl (C=O) groups is 1. The predicted octanol–water partition coefficient (Wildman–Crippen LogP) is 6.29. The van der Waals surface area contributed by atoms with Gasteiger partial charge in [-0.15, -0.1) is 0 Å². The van der Waals surface area contributed by atoms with Gasteiger partial charge in [0.1, 0.15) is 0 Å². The normalized spacial score (nSPS) is 12.7. The van der Waals surface area contributed by atoms with Crippen molar-refractivity contribution >= 4 is 27.8 Å². The molecule has 5 nitrogen and oxygen atoms in total. The summed E-state index contributed by atoms with van der Waals surface area (Å²) < 4.78 is 30.9. The van der Waals surface area contributed by atoms with Crippen LogP contribution in [-0.2, 0) is 21.3 Å². The van der Waals surface area contributed by atoms with Crippen LogP contribution in [0.5, 0.6) is 0 Å². The number of rotatable bonds is 18. The van der Waals surface area contributed by atoms with Gasteiger partial charge in [0.15, 0.2) is 0 Å². The quantitative estimate of drug-likeness (QED) is 0.198. The average molecular weight is 459 g/mol. The summed E-state index contributed by atoms with van der Waals surface area (Å²) in [6.07, 6.45) is 13.6. The Morgan fingerprint density at radius 2 is 1.53 bits per heavy atom. The Bertz CT molecular complexity index is 703. The summed E-state index contributed by atoms with van der Waals surface area (Å²) in [4.78, 5) is 11.3. The molecule has 0 aromatic heterocycles. The van der Waals surface area contributed by atoms with Gasteiger partial charge in [-0.1, -0.05) is 89.0 Å². The number of benzene rings is 1. The third-order valence-electron chi connectivity index (χ3n) is 5.22. The van der Waals surface area contributed by atoms with Crippen molar-refractivity contribution in [1.82, 2.24) is 0 Å². The fourth-order valence-corrected chi connectivity index (χ4v) is 5.77. The van der Waals surface area contributed by atoms with E-state index in [1.54, 1.807) is 0 Å². The van der Waals surface area contributed by atoms with Gasteiger partial charge in [-0.25, -0.2) is 0 Å². The molecule has 1 aromatic carbocycles. The first kappa shape index (κ1) is 27.0. The minimum absolute atomic E-state index is 0.0643. The zero-order valence-corrected chi connectivity index (χ0v) is 19.9. The summed E-state index contributed by atoms with van der Waals surface area (Å²) in [5, 5.41) is 8.96. The van der Waals surface area contributed by atoms with Crippen LogP contribution in [0.4, 0.5) is 0 Å². The Morgan fingerprint density at radius 3 is 2.10 bits per heavy atom. The van der Waals surface area contributed by atoms with Crippen molar-refractivity contribution in [3.63, 3.8) is 0 Å². The summed E-state index contributed by atoms with van der Waals surface area (Å²) >= 11 is 1.28. The molecule has 0 saturated carbocycles. The van der Waals surface area contributed by atoms with Gasteiger partial charge in [0, 0.05) is 11.0 Å². The van der Waals surface area contributed by atoms with Gasteiger partial charge in [-0.05, 0) is 24.0 Å². The van der Waals surface area contributed by atoms with Gasteiger partial charge < -0.3 is 5.11 Å². The molecule has 0 fully saturated rings. The molecule has 0 spiro atoms. The molecule has 0 saturated heterocycles. The summed E-state index contributed by atoms with van der Waals surface area (Å²) in [5.74, 6) is -1.11. The number of unbranched alkanes of at least 4 members (excludes halogenated alkanes) is 9. The highest BCUT2D eigenvalue weighted by Crippen LogP contribution is 2.35. The summed E-state index contributed by atoms with van der Waals surface area (Å²) in [7, 11) is -4.04. The molecule has 0 radical (unpaired) electrons. The summed E-state index contributed by atoms with van der Waals surface area (Å²) in [5.41, 5.74) is 2.11. The molecule has 0 aliphatic heterocycles. The Balaban J connectivity index is 2.48. The second-order valence-corrected chi connectivity index (χ2v) is 10.8. The number of carboxylic acids is 1. The molecular formula is C23H38O5S2. The largest absolute Gasteiger partial charge is 0.481 e. The Hall–Kier alpha value is -1.05. The fourth-order valence-electron chi connectivity index (χ4n) is 3.59. The molecular weight excluding hydrogens is 420 g/mol. The van der Waals surface area contributed by atoms with Crippen LogP contribution in [-0.4, -0.2) is 35.6 Å².